The Morgan fingerprint density at radius 1 is 0.423 bits per heavy atom. The van der Waals surface area contributed by atoms with Gasteiger partial charge in [0, 0.05) is 12.8 Å². The van der Waals surface area contributed by atoms with Gasteiger partial charge in [0.1, 0.15) is 6.10 Å². The highest BCUT2D eigenvalue weighted by molar-refractivity contribution is 5.70. The molecule has 0 radical (unpaired) electrons. The van der Waals surface area contributed by atoms with E-state index in [1.165, 1.54) is 173 Å². The Morgan fingerprint density at radius 3 is 1.23 bits per heavy atom. The minimum atomic E-state index is -0.0948. The lowest BCUT2D eigenvalue weighted by atomic mass is 9.90. The van der Waals surface area contributed by atoms with Crippen LogP contribution in [0.1, 0.15) is 252 Å². The summed E-state index contributed by atoms with van der Waals surface area (Å²) in [6, 6.07) is 0. The average Bonchev–Trinajstić information content (AvgIpc) is 3.12. The molecule has 1 unspecified atom stereocenters. The molecular formula is C47H93NO4. The third-order valence-electron chi connectivity index (χ3n) is 11.0. The summed E-state index contributed by atoms with van der Waals surface area (Å²) < 4.78 is 11.6. The van der Waals surface area contributed by atoms with Gasteiger partial charge in [0.05, 0.1) is 6.61 Å². The normalized spacial score (nSPS) is 12.2. The van der Waals surface area contributed by atoms with Gasteiger partial charge in [-0.15, -0.1) is 0 Å². The van der Waals surface area contributed by atoms with Gasteiger partial charge in [0.15, 0.2) is 0 Å². The smallest absolute Gasteiger partial charge is 0.306 e. The summed E-state index contributed by atoms with van der Waals surface area (Å²) >= 11 is 0. The van der Waals surface area contributed by atoms with Crippen LogP contribution in [0.2, 0.25) is 0 Å². The number of esters is 2. The minimum absolute atomic E-state index is 0.0793. The highest BCUT2D eigenvalue weighted by Gasteiger charge is 2.16. The Hall–Kier alpha value is -1.10. The first kappa shape index (κ1) is 50.9. The van der Waals surface area contributed by atoms with E-state index in [0.717, 1.165) is 57.4 Å². The summed E-state index contributed by atoms with van der Waals surface area (Å²) in [6.45, 7) is 8.26. The zero-order chi connectivity index (χ0) is 38.2. The molecule has 1 atom stereocenters. The van der Waals surface area contributed by atoms with Crippen LogP contribution in [0.15, 0.2) is 0 Å². The maximum atomic E-state index is 12.6. The molecule has 0 aliphatic rings. The van der Waals surface area contributed by atoms with Crippen molar-refractivity contribution in [1.82, 2.24) is 4.90 Å². The second-order valence-electron chi connectivity index (χ2n) is 16.6. The maximum absolute atomic E-state index is 12.6. The van der Waals surface area contributed by atoms with Gasteiger partial charge in [-0.3, -0.25) is 9.59 Å². The van der Waals surface area contributed by atoms with E-state index in [2.05, 4.69) is 25.7 Å². The van der Waals surface area contributed by atoms with Crippen molar-refractivity contribution in [2.75, 3.05) is 27.2 Å². The quantitative estimate of drug-likeness (QED) is 0.0461. The van der Waals surface area contributed by atoms with Gasteiger partial charge >= 0.3 is 11.9 Å². The van der Waals surface area contributed by atoms with E-state index in [1.54, 1.807) is 0 Å². The summed E-state index contributed by atoms with van der Waals surface area (Å²) in [5, 5.41) is 0. The number of unbranched alkanes of at least 4 members (excludes halogenated alkanes) is 23. The molecular weight excluding hydrogens is 643 g/mol. The largest absolute Gasteiger partial charge is 0.466 e. The molecule has 0 aliphatic carbocycles. The van der Waals surface area contributed by atoms with E-state index in [1.807, 2.05) is 14.1 Å². The van der Waals surface area contributed by atoms with Crippen LogP contribution in [0, 0.1) is 5.92 Å². The first-order chi connectivity index (χ1) is 25.4. The van der Waals surface area contributed by atoms with Gasteiger partial charge in [0.2, 0.25) is 0 Å². The van der Waals surface area contributed by atoms with Crippen LogP contribution in [0.3, 0.4) is 0 Å². The number of hydrogen-bond donors (Lipinski definition) is 0. The van der Waals surface area contributed by atoms with Gasteiger partial charge in [-0.25, -0.2) is 0 Å². The van der Waals surface area contributed by atoms with Gasteiger partial charge in [-0.2, -0.15) is 0 Å². The minimum Gasteiger partial charge on any atom is -0.466 e. The molecule has 0 amide bonds. The summed E-state index contributed by atoms with van der Waals surface area (Å²) in [5.41, 5.74) is 0. The van der Waals surface area contributed by atoms with E-state index in [-0.39, 0.29) is 18.0 Å². The Balaban J connectivity index is 4.42. The molecule has 0 aromatic rings. The Labute approximate surface area is 326 Å². The van der Waals surface area contributed by atoms with Crippen LogP contribution in [0.5, 0.6) is 0 Å². The van der Waals surface area contributed by atoms with Crippen molar-refractivity contribution in [3.63, 3.8) is 0 Å². The standard InChI is InChI=1S/C47H93NO4/c1-6-9-12-15-17-19-21-23-26-28-35-44(36-29-27-24-22-20-18-16-13-10-7-2)37-31-32-43-51-46(49)40-33-39-45(38-30-25-14-11-8-3)52-47(50)41-34-42-48(4)5/h44-45H,6-43H2,1-5H3. The predicted molar refractivity (Wildman–Crippen MR) is 226 cm³/mol. The van der Waals surface area contributed by atoms with Crippen molar-refractivity contribution in [3.8, 4) is 0 Å². The lowest BCUT2D eigenvalue weighted by molar-refractivity contribution is -0.150. The highest BCUT2D eigenvalue weighted by Crippen LogP contribution is 2.25. The number of rotatable bonds is 42. The van der Waals surface area contributed by atoms with Gasteiger partial charge < -0.3 is 14.4 Å². The third kappa shape index (κ3) is 38.6. The zero-order valence-corrected chi connectivity index (χ0v) is 36.1. The second kappa shape index (κ2) is 41.1. The van der Waals surface area contributed by atoms with Gasteiger partial charge in [-0.1, -0.05) is 194 Å². The molecule has 0 fully saturated rings. The fraction of sp³-hybridized carbons (Fsp3) is 0.957. The highest BCUT2D eigenvalue weighted by atomic mass is 16.5. The van der Waals surface area contributed by atoms with E-state index < -0.39 is 0 Å². The molecule has 52 heavy (non-hydrogen) atoms. The molecule has 0 N–H and O–H groups in total. The maximum Gasteiger partial charge on any atom is 0.306 e. The fourth-order valence-electron chi connectivity index (χ4n) is 7.56. The van der Waals surface area contributed by atoms with Crippen LogP contribution >= 0.6 is 0 Å². The molecule has 5 nitrogen and oxygen atoms in total. The number of nitrogens with zero attached hydrogens (tertiary/aromatic N) is 1. The van der Waals surface area contributed by atoms with Crippen molar-refractivity contribution in [2.45, 2.75) is 258 Å². The molecule has 0 saturated carbocycles. The Kier molecular flexibility index (Phi) is 40.2. The molecule has 310 valence electrons. The van der Waals surface area contributed by atoms with E-state index in [4.69, 9.17) is 9.47 Å². The number of ether oxygens (including phenoxy) is 2. The topological polar surface area (TPSA) is 55.8 Å². The van der Waals surface area contributed by atoms with E-state index >= 15 is 0 Å². The van der Waals surface area contributed by atoms with Crippen LogP contribution < -0.4 is 0 Å². The molecule has 5 heteroatoms. The molecule has 0 rings (SSSR count). The molecule has 0 aromatic heterocycles. The molecule has 0 aliphatic heterocycles. The van der Waals surface area contributed by atoms with Crippen LogP contribution in [0.4, 0.5) is 0 Å². The monoisotopic (exact) mass is 736 g/mol. The van der Waals surface area contributed by atoms with Crippen molar-refractivity contribution < 1.29 is 19.1 Å². The Morgan fingerprint density at radius 2 is 0.788 bits per heavy atom. The van der Waals surface area contributed by atoms with Gasteiger partial charge in [0.25, 0.3) is 0 Å². The SMILES string of the molecule is CCCCCCCCCCCCC(CCCCCCCCCCCC)CCCCOC(=O)CCCC(CCCCCCC)OC(=O)CCCN(C)C. The molecule has 0 aromatic carbocycles. The molecule has 0 bridgehead atoms. The van der Waals surface area contributed by atoms with Crippen molar-refractivity contribution in [1.29, 1.82) is 0 Å². The summed E-state index contributed by atoms with van der Waals surface area (Å²) in [7, 11) is 4.06. The van der Waals surface area contributed by atoms with Crippen molar-refractivity contribution >= 4 is 11.9 Å². The van der Waals surface area contributed by atoms with Crippen LogP contribution in [-0.2, 0) is 19.1 Å². The van der Waals surface area contributed by atoms with Crippen molar-refractivity contribution in [3.05, 3.63) is 0 Å². The third-order valence-corrected chi connectivity index (χ3v) is 11.0. The van der Waals surface area contributed by atoms with E-state index in [9.17, 15) is 9.59 Å². The van der Waals surface area contributed by atoms with Crippen molar-refractivity contribution in [2.24, 2.45) is 5.92 Å². The summed E-state index contributed by atoms with van der Waals surface area (Å²) in [6.07, 6.45) is 44.3. The van der Waals surface area contributed by atoms with Crippen LogP contribution in [-0.4, -0.2) is 50.2 Å². The molecule has 0 spiro atoms. The predicted octanol–water partition coefficient (Wildman–Crippen LogP) is 14.7. The number of carbonyl (C=O) groups excluding carboxylic acids is 2. The van der Waals surface area contributed by atoms with Crippen LogP contribution in [0.25, 0.3) is 0 Å². The first-order valence-electron chi connectivity index (χ1n) is 23.4. The average molecular weight is 736 g/mol. The Bertz CT molecular complexity index is 717. The summed E-state index contributed by atoms with van der Waals surface area (Å²) in [5.74, 6) is 0.650. The first-order valence-corrected chi connectivity index (χ1v) is 23.4. The zero-order valence-electron chi connectivity index (χ0n) is 36.1. The lowest BCUT2D eigenvalue weighted by Crippen LogP contribution is -2.20. The lowest BCUT2D eigenvalue weighted by Gasteiger charge is -2.18. The molecule has 0 heterocycles. The van der Waals surface area contributed by atoms with E-state index in [0.29, 0.717) is 19.4 Å². The van der Waals surface area contributed by atoms with Gasteiger partial charge in [-0.05, 0) is 71.5 Å². The fourth-order valence-corrected chi connectivity index (χ4v) is 7.56. The second-order valence-corrected chi connectivity index (χ2v) is 16.6. The molecule has 0 saturated heterocycles. The summed E-state index contributed by atoms with van der Waals surface area (Å²) in [4.78, 5) is 27.2. The number of hydrogen-bond acceptors (Lipinski definition) is 5. The number of carbonyl (C=O) groups is 2.